The Kier molecular flexibility index (Phi) is 4.91. The van der Waals surface area contributed by atoms with Crippen LogP contribution in [0.25, 0.3) is 22.2 Å². The standard InChI is InChI=1S/C22H23N3O/c26-22(24-15-16-6-2-1-3-7-16)19-14-21(17-10-12-23-13-11-17)25-20-9-5-4-8-18(19)20/h4-5,8-14,16H,1-3,6-7,15H2,(H,24,26). The van der Waals surface area contributed by atoms with Crippen LogP contribution in [-0.4, -0.2) is 22.4 Å². The van der Waals surface area contributed by atoms with Gasteiger partial charge < -0.3 is 5.32 Å². The zero-order chi connectivity index (χ0) is 17.8. The molecule has 1 N–H and O–H groups in total. The topological polar surface area (TPSA) is 54.9 Å². The summed E-state index contributed by atoms with van der Waals surface area (Å²) in [6.07, 6.45) is 9.83. The van der Waals surface area contributed by atoms with E-state index in [0.29, 0.717) is 11.5 Å². The average Bonchev–Trinajstić information content (AvgIpc) is 2.72. The smallest absolute Gasteiger partial charge is 0.252 e. The van der Waals surface area contributed by atoms with Gasteiger partial charge >= 0.3 is 0 Å². The maximum absolute atomic E-state index is 12.9. The van der Waals surface area contributed by atoms with Crippen LogP contribution < -0.4 is 5.32 Å². The van der Waals surface area contributed by atoms with Gasteiger partial charge in [0.15, 0.2) is 0 Å². The number of para-hydroxylation sites is 1. The molecule has 0 spiro atoms. The second-order valence-electron chi connectivity index (χ2n) is 7.02. The van der Waals surface area contributed by atoms with Crippen LogP contribution in [0.1, 0.15) is 42.5 Å². The molecule has 1 aliphatic rings. The fraction of sp³-hybridized carbons (Fsp3) is 0.318. The number of carbonyl (C=O) groups excluding carboxylic acids is 1. The van der Waals surface area contributed by atoms with Gasteiger partial charge in [0, 0.05) is 29.9 Å². The van der Waals surface area contributed by atoms with E-state index in [9.17, 15) is 4.79 Å². The van der Waals surface area contributed by atoms with Crippen LogP contribution in [0, 0.1) is 5.92 Å². The number of nitrogens with zero attached hydrogens (tertiary/aromatic N) is 2. The molecule has 26 heavy (non-hydrogen) atoms. The number of nitrogens with one attached hydrogen (secondary N) is 1. The van der Waals surface area contributed by atoms with Crippen LogP contribution in [0.4, 0.5) is 0 Å². The number of aromatic nitrogens is 2. The summed E-state index contributed by atoms with van der Waals surface area (Å²) in [5, 5.41) is 4.06. The summed E-state index contributed by atoms with van der Waals surface area (Å²) in [4.78, 5) is 21.7. The summed E-state index contributed by atoms with van der Waals surface area (Å²) in [7, 11) is 0. The predicted octanol–water partition coefficient (Wildman–Crippen LogP) is 4.61. The lowest BCUT2D eigenvalue weighted by molar-refractivity contribution is 0.0945. The molecule has 1 aromatic carbocycles. The lowest BCUT2D eigenvalue weighted by atomic mass is 9.89. The molecule has 2 aromatic heterocycles. The quantitative estimate of drug-likeness (QED) is 0.751. The molecule has 0 unspecified atom stereocenters. The summed E-state index contributed by atoms with van der Waals surface area (Å²) in [6, 6.07) is 13.6. The molecule has 1 fully saturated rings. The third-order valence-corrected chi connectivity index (χ3v) is 5.21. The number of fused-ring (bicyclic) bond motifs is 1. The van der Waals surface area contributed by atoms with Gasteiger partial charge in [-0.3, -0.25) is 9.78 Å². The highest BCUT2D eigenvalue weighted by Crippen LogP contribution is 2.25. The highest BCUT2D eigenvalue weighted by molar-refractivity contribution is 6.07. The van der Waals surface area contributed by atoms with Crippen LogP contribution in [0.15, 0.2) is 54.9 Å². The van der Waals surface area contributed by atoms with Crippen LogP contribution in [0.5, 0.6) is 0 Å². The molecule has 0 radical (unpaired) electrons. The van der Waals surface area contributed by atoms with Crippen molar-refractivity contribution in [2.45, 2.75) is 32.1 Å². The van der Waals surface area contributed by atoms with Gasteiger partial charge in [-0.05, 0) is 43.0 Å². The highest BCUT2D eigenvalue weighted by atomic mass is 16.1. The van der Waals surface area contributed by atoms with Gasteiger partial charge in [0.05, 0.1) is 16.8 Å². The Morgan fingerprint density at radius 1 is 1.04 bits per heavy atom. The minimum Gasteiger partial charge on any atom is -0.352 e. The van der Waals surface area contributed by atoms with E-state index in [-0.39, 0.29) is 5.91 Å². The maximum Gasteiger partial charge on any atom is 0.252 e. The van der Waals surface area contributed by atoms with Crippen molar-refractivity contribution in [3.63, 3.8) is 0 Å². The van der Waals surface area contributed by atoms with Crippen molar-refractivity contribution in [2.75, 3.05) is 6.54 Å². The second kappa shape index (κ2) is 7.65. The fourth-order valence-corrected chi connectivity index (χ4v) is 3.76. The lowest BCUT2D eigenvalue weighted by Gasteiger charge is -2.22. The van der Waals surface area contributed by atoms with E-state index in [4.69, 9.17) is 4.98 Å². The van der Waals surface area contributed by atoms with E-state index >= 15 is 0 Å². The minimum absolute atomic E-state index is 0.00974. The van der Waals surface area contributed by atoms with Crippen molar-refractivity contribution in [1.29, 1.82) is 0 Å². The molecule has 1 amide bonds. The van der Waals surface area contributed by atoms with Crippen LogP contribution in [-0.2, 0) is 0 Å². The van der Waals surface area contributed by atoms with Crippen LogP contribution in [0.2, 0.25) is 0 Å². The SMILES string of the molecule is O=C(NCC1CCCCC1)c1cc(-c2ccncc2)nc2ccccc12. The molecule has 0 bridgehead atoms. The number of carbonyl (C=O) groups is 1. The zero-order valence-electron chi connectivity index (χ0n) is 14.8. The van der Waals surface area contributed by atoms with Gasteiger partial charge in [-0.1, -0.05) is 37.5 Å². The van der Waals surface area contributed by atoms with E-state index in [1.165, 1.54) is 32.1 Å². The molecule has 4 nitrogen and oxygen atoms in total. The molecular formula is C22H23N3O. The predicted molar refractivity (Wildman–Crippen MR) is 104 cm³/mol. The molecule has 4 rings (SSSR count). The van der Waals surface area contributed by atoms with Crippen LogP contribution >= 0.6 is 0 Å². The normalized spacial score (nSPS) is 15.1. The van der Waals surface area contributed by atoms with Crippen molar-refractivity contribution in [3.8, 4) is 11.3 Å². The zero-order valence-corrected chi connectivity index (χ0v) is 14.8. The van der Waals surface area contributed by atoms with Gasteiger partial charge in [-0.15, -0.1) is 0 Å². The molecule has 2 heterocycles. The molecule has 132 valence electrons. The van der Waals surface area contributed by atoms with Crippen molar-refractivity contribution in [2.24, 2.45) is 5.92 Å². The van der Waals surface area contributed by atoms with Crippen LogP contribution in [0.3, 0.4) is 0 Å². The molecule has 1 aliphatic carbocycles. The van der Waals surface area contributed by atoms with E-state index in [2.05, 4.69) is 10.3 Å². The first-order valence-electron chi connectivity index (χ1n) is 9.39. The minimum atomic E-state index is -0.00974. The molecule has 3 aromatic rings. The third kappa shape index (κ3) is 3.59. The van der Waals surface area contributed by atoms with Gasteiger partial charge in [0.1, 0.15) is 0 Å². The van der Waals surface area contributed by atoms with E-state index < -0.39 is 0 Å². The van der Waals surface area contributed by atoms with E-state index in [1.54, 1.807) is 12.4 Å². The Bertz CT molecular complexity index is 902. The van der Waals surface area contributed by atoms with E-state index in [0.717, 1.165) is 28.7 Å². The first-order valence-corrected chi connectivity index (χ1v) is 9.39. The fourth-order valence-electron chi connectivity index (χ4n) is 3.76. The Morgan fingerprint density at radius 3 is 2.62 bits per heavy atom. The van der Waals surface area contributed by atoms with Crippen molar-refractivity contribution in [3.05, 3.63) is 60.4 Å². The van der Waals surface area contributed by atoms with Gasteiger partial charge in [0.25, 0.3) is 5.91 Å². The van der Waals surface area contributed by atoms with Crippen molar-refractivity contribution >= 4 is 16.8 Å². The van der Waals surface area contributed by atoms with Gasteiger partial charge in [0.2, 0.25) is 0 Å². The molecule has 0 atom stereocenters. The molecule has 0 saturated heterocycles. The summed E-state index contributed by atoms with van der Waals surface area (Å²) in [5.74, 6) is 0.602. The molecular weight excluding hydrogens is 322 g/mol. The maximum atomic E-state index is 12.9. The number of rotatable bonds is 4. The lowest BCUT2D eigenvalue weighted by Crippen LogP contribution is -2.30. The average molecular weight is 345 g/mol. The number of benzene rings is 1. The monoisotopic (exact) mass is 345 g/mol. The number of hydrogen-bond donors (Lipinski definition) is 1. The largest absolute Gasteiger partial charge is 0.352 e. The van der Waals surface area contributed by atoms with Gasteiger partial charge in [-0.2, -0.15) is 0 Å². The number of pyridine rings is 2. The Labute approximate surface area is 153 Å². The first kappa shape index (κ1) is 16.7. The summed E-state index contributed by atoms with van der Waals surface area (Å²) in [5.41, 5.74) is 3.30. The Morgan fingerprint density at radius 2 is 1.81 bits per heavy atom. The van der Waals surface area contributed by atoms with Gasteiger partial charge in [-0.25, -0.2) is 4.98 Å². The van der Waals surface area contributed by atoms with Crippen molar-refractivity contribution in [1.82, 2.24) is 15.3 Å². The summed E-state index contributed by atoms with van der Waals surface area (Å²) >= 11 is 0. The molecule has 4 heteroatoms. The highest BCUT2D eigenvalue weighted by Gasteiger charge is 2.17. The summed E-state index contributed by atoms with van der Waals surface area (Å²) < 4.78 is 0. The van der Waals surface area contributed by atoms with E-state index in [1.807, 2.05) is 42.5 Å². The third-order valence-electron chi connectivity index (χ3n) is 5.21. The molecule has 0 aliphatic heterocycles. The first-order chi connectivity index (χ1) is 12.8. The number of hydrogen-bond acceptors (Lipinski definition) is 3. The summed E-state index contributed by atoms with van der Waals surface area (Å²) in [6.45, 7) is 0.764. The van der Waals surface area contributed by atoms with Crippen molar-refractivity contribution < 1.29 is 4.79 Å². The molecule has 1 saturated carbocycles. The second-order valence-corrected chi connectivity index (χ2v) is 7.02. The Balaban J connectivity index is 1.65. The number of amides is 1. The Hall–Kier alpha value is -2.75.